The standard InChI is InChI=1S/C100H132N24O22S4/c1-5-56(2)86-97(142)115-71(41-59-46-105-66-23-10-7-20-63(59)66)91(136)118-78(100(145)146)52-150-39-31-85(131)122-54-120-53-121(55-122)84(130)30-38-149-51-77(108-57(3)126)99(144)124-35-16-26-79(124)95(140)114-72(43-61-18-13-15-33-103-61)87(132)107-48-82(128)109-76(50-148-37-29-83(120)129)94(139)111-69(28-36-147-4)89(134)110-68(25-12-14-32-101)88(133)113-73(44-81(102)127)92(137)112-70(40-58-45-104-65-22-9-6-19-62(58)65)90(135)117-75(49-125)93(138)116-74(42-60-47-106-67-24-11-8-21-64(60)67)98(143)123-34-17-27-80(123)96(141)119-86/h6-11,13,15,18-24,33,45-47,56,68-80,86,104-106,125H,5,12,14,16-17,25-32,34-44,48-55,101H2,1-4H3,(H2,102,127)(H,107,132)(H,108,126)(H,109,128)(H,110,134)(H,111,139)(H,112,137)(H,113,133)(H,114,140)(H,115,142)(H,116,138)(H,117,135)(H,118,136)(H,119,141)(H,145,146)/t56-,68-,69-,70-,71-,72-,73-,74-,75-,76-,77+,78-,79-,80-,86-/m0/s1. The molecule has 22 N–H and O–H groups in total. The highest BCUT2D eigenvalue weighted by molar-refractivity contribution is 7.99. The minimum Gasteiger partial charge on any atom is -0.480 e. The Morgan fingerprint density at radius 1 is 0.493 bits per heavy atom. The molecule has 5 saturated heterocycles. The Hall–Kier alpha value is -13.9. The van der Waals surface area contributed by atoms with Gasteiger partial charge in [-0.2, -0.15) is 47.0 Å². The Labute approximate surface area is 881 Å². The van der Waals surface area contributed by atoms with Crippen LogP contribution in [0.1, 0.15) is 127 Å². The second-order valence-corrected chi connectivity index (χ2v) is 42.0. The number of carbonyl (C=O) groups is 20. The van der Waals surface area contributed by atoms with Gasteiger partial charge < -0.3 is 130 Å². The quantitative estimate of drug-likeness (QED) is 0.0339. The van der Waals surface area contributed by atoms with E-state index in [-0.39, 0.29) is 176 Å². The van der Waals surface area contributed by atoms with Crippen LogP contribution in [-0.2, 0) is 122 Å². The van der Waals surface area contributed by atoms with E-state index in [1.54, 1.807) is 130 Å². The molecule has 5 aliphatic rings. The van der Waals surface area contributed by atoms with Gasteiger partial charge >= 0.3 is 5.97 Å². The second-order valence-electron chi connectivity index (χ2n) is 37.6. The van der Waals surface area contributed by atoms with Crippen LogP contribution in [0.4, 0.5) is 0 Å². The van der Waals surface area contributed by atoms with Crippen molar-refractivity contribution < 1.29 is 106 Å². The van der Waals surface area contributed by atoms with Gasteiger partial charge in [-0.15, -0.1) is 0 Å². The van der Waals surface area contributed by atoms with Crippen LogP contribution in [0, 0.1) is 5.92 Å². The number of nitrogens with zero attached hydrogens (tertiary/aromatic N) is 6. The highest BCUT2D eigenvalue weighted by Crippen LogP contribution is 2.29. The molecule has 12 rings (SSSR count). The van der Waals surface area contributed by atoms with Gasteiger partial charge in [0.2, 0.25) is 112 Å². The maximum absolute atomic E-state index is 15.7. The fourth-order valence-electron chi connectivity index (χ4n) is 18.5. The number of thioether (sulfide) groups is 4. The molecular formula is C100H132N24O22S4. The molecule has 150 heavy (non-hydrogen) atoms. The van der Waals surface area contributed by atoms with E-state index in [4.69, 9.17) is 11.5 Å². The van der Waals surface area contributed by atoms with Gasteiger partial charge in [0.1, 0.15) is 84.6 Å². The first-order valence-electron chi connectivity index (χ1n) is 50.0. The van der Waals surface area contributed by atoms with Gasteiger partial charge in [-0.3, -0.25) is 96.1 Å². The Morgan fingerprint density at radius 3 is 1.46 bits per heavy atom. The normalized spacial score (nSPS) is 24.9. The summed E-state index contributed by atoms with van der Waals surface area (Å²) in [6.45, 7) is 1.61. The molecule has 5 aliphatic heterocycles. The monoisotopic (exact) mass is 2150 g/mol. The lowest BCUT2D eigenvalue weighted by Crippen LogP contribution is -2.62. The fourth-order valence-corrected chi connectivity index (χ4v) is 21.8. The van der Waals surface area contributed by atoms with Crippen molar-refractivity contribution in [2.24, 2.45) is 17.4 Å². The van der Waals surface area contributed by atoms with Gasteiger partial charge in [0.05, 0.1) is 39.6 Å². The molecule has 0 saturated carbocycles. The number of benzene rings is 3. The predicted octanol–water partition coefficient (Wildman–Crippen LogP) is -1.62. The number of rotatable bonds is 22. The number of carboxylic acid groups (broad SMARTS) is 1. The summed E-state index contributed by atoms with van der Waals surface area (Å²) in [6.07, 6.45) is 6.02. The highest BCUT2D eigenvalue weighted by Gasteiger charge is 2.45. The summed E-state index contributed by atoms with van der Waals surface area (Å²) >= 11 is 4.30. The van der Waals surface area contributed by atoms with Crippen molar-refractivity contribution in [2.75, 3.05) is 99.3 Å². The maximum Gasteiger partial charge on any atom is 0.327 e. The van der Waals surface area contributed by atoms with Gasteiger partial charge in [-0.1, -0.05) is 80.9 Å². The summed E-state index contributed by atoms with van der Waals surface area (Å²) in [5, 5.41) is 58.5. The number of aromatic nitrogens is 4. The lowest BCUT2D eigenvalue weighted by molar-refractivity contribution is -0.158. The van der Waals surface area contributed by atoms with Gasteiger partial charge in [0.15, 0.2) is 0 Å². The van der Waals surface area contributed by atoms with Gasteiger partial charge in [-0.05, 0) is 123 Å². The first-order chi connectivity index (χ1) is 72.1. The van der Waals surface area contributed by atoms with E-state index in [2.05, 4.69) is 89.1 Å². The van der Waals surface area contributed by atoms with E-state index in [1.165, 1.54) is 49.4 Å². The number of carboxylic acids is 1. The summed E-state index contributed by atoms with van der Waals surface area (Å²) in [5.74, 6) is -19.9. The Balaban J connectivity index is 0.888. The van der Waals surface area contributed by atoms with E-state index in [0.29, 0.717) is 61.5 Å². The third-order valence-electron chi connectivity index (χ3n) is 26.8. The van der Waals surface area contributed by atoms with Crippen LogP contribution in [0.2, 0.25) is 0 Å². The number of carbonyl (C=O) groups excluding carboxylic acids is 19. The summed E-state index contributed by atoms with van der Waals surface area (Å²) in [6, 6.07) is 4.01. The molecule has 19 amide bonds. The van der Waals surface area contributed by atoms with Crippen LogP contribution in [0.5, 0.6) is 0 Å². The van der Waals surface area contributed by atoms with E-state index >= 15 is 47.9 Å². The van der Waals surface area contributed by atoms with E-state index in [1.807, 2.05) is 0 Å². The number of amides is 19. The van der Waals surface area contributed by atoms with Crippen molar-refractivity contribution in [1.82, 2.24) is 114 Å². The van der Waals surface area contributed by atoms with Crippen LogP contribution < -0.4 is 80.6 Å². The smallest absolute Gasteiger partial charge is 0.327 e. The summed E-state index contributed by atoms with van der Waals surface area (Å²) in [7, 11) is 0. The number of hydrogen-bond acceptors (Lipinski definition) is 27. The van der Waals surface area contributed by atoms with Crippen LogP contribution >= 0.6 is 47.0 Å². The largest absolute Gasteiger partial charge is 0.480 e. The number of pyridine rings is 1. The second kappa shape index (κ2) is 56.1. The van der Waals surface area contributed by atoms with Crippen LogP contribution in [0.3, 0.4) is 0 Å². The van der Waals surface area contributed by atoms with Crippen LogP contribution in [-0.4, -0.2) is 357 Å². The average Bonchev–Trinajstić information content (AvgIpc) is 1.64. The molecule has 0 aliphatic carbocycles. The molecule has 50 heteroatoms. The molecule has 3 aromatic carbocycles. The molecule has 4 aromatic heterocycles. The first kappa shape index (κ1) is 115. The zero-order chi connectivity index (χ0) is 108. The van der Waals surface area contributed by atoms with Gasteiger partial charge in [-0.25, -0.2) is 4.79 Å². The molecule has 808 valence electrons. The van der Waals surface area contributed by atoms with Crippen LogP contribution in [0.25, 0.3) is 32.7 Å². The lowest BCUT2D eigenvalue weighted by Gasteiger charge is -2.42. The number of nitrogens with two attached hydrogens (primary N) is 2. The number of nitrogens with one attached hydrogen (secondary N) is 16. The van der Waals surface area contributed by atoms with Crippen molar-refractivity contribution in [3.8, 4) is 0 Å². The molecule has 15 atom stereocenters. The Bertz CT molecular complexity index is 6030. The minimum atomic E-state index is -1.95. The third-order valence-corrected chi connectivity index (χ3v) is 30.6. The number of H-pyrrole nitrogens is 3. The van der Waals surface area contributed by atoms with Gasteiger partial charge in [0.25, 0.3) is 0 Å². The Morgan fingerprint density at radius 2 is 0.940 bits per heavy atom. The molecule has 0 radical (unpaired) electrons. The summed E-state index contributed by atoms with van der Waals surface area (Å²) in [5.41, 5.74) is 15.5. The lowest BCUT2D eigenvalue weighted by atomic mass is 9.96. The molecule has 4 bridgehead atoms. The van der Waals surface area contributed by atoms with Crippen molar-refractivity contribution >= 4 is 198 Å². The molecule has 9 heterocycles. The summed E-state index contributed by atoms with van der Waals surface area (Å²) < 4.78 is 0. The number of fused-ring (bicyclic) bond motifs is 12. The zero-order valence-corrected chi connectivity index (χ0v) is 87.1. The number of aliphatic hydroxyl groups excluding tert-OH is 1. The van der Waals surface area contributed by atoms with Gasteiger partial charge in [0, 0.05) is 163 Å². The number of para-hydroxylation sites is 3. The molecule has 7 aromatic rings. The maximum atomic E-state index is 15.7. The van der Waals surface area contributed by atoms with E-state index in [0.717, 1.165) is 35.3 Å². The number of hydrogen-bond donors (Lipinski definition) is 20. The average molecular weight is 2150 g/mol. The van der Waals surface area contributed by atoms with Crippen molar-refractivity contribution in [3.05, 3.63) is 138 Å². The zero-order valence-electron chi connectivity index (χ0n) is 83.8. The van der Waals surface area contributed by atoms with E-state index in [9.17, 15) is 58.2 Å². The molecule has 0 spiro atoms. The number of aliphatic carboxylic acids is 1. The number of aromatic amines is 3. The van der Waals surface area contributed by atoms with Crippen molar-refractivity contribution in [3.63, 3.8) is 0 Å². The number of unbranched alkanes of at least 4 members (excludes halogenated alkanes) is 1. The molecule has 5 fully saturated rings. The number of aliphatic hydroxyl groups is 1. The Kier molecular flexibility index (Phi) is 43.0. The van der Waals surface area contributed by atoms with E-state index < -0.39 is 228 Å². The predicted molar refractivity (Wildman–Crippen MR) is 560 cm³/mol. The van der Waals surface area contributed by atoms with Crippen molar-refractivity contribution in [1.29, 1.82) is 0 Å². The molecular weight excluding hydrogens is 2020 g/mol. The highest BCUT2D eigenvalue weighted by atomic mass is 32.2. The van der Waals surface area contributed by atoms with Crippen molar-refractivity contribution in [2.45, 2.75) is 215 Å². The molecule has 46 nitrogen and oxygen atoms in total. The topological polar surface area (TPSA) is 667 Å². The molecule has 0 unspecified atom stereocenters. The third kappa shape index (κ3) is 31.9. The fraction of sp³-hybridized carbons (Fsp3) is 0.510. The SMILES string of the molecule is CC[C@H](C)[C@@H]1NC(=O)[C@@H]2CCCN2C(=O)[C@H](Cc2c[nH]c3ccccc23)NC(=O)[C@H](CO)NC(=O)[C@H](Cc2c[nH]c3ccccc23)NC(=O)[C@H](CC(N)=O)NC(=O)[C@H](CCCCN)NC(=O)[C@H](CCSC)NC(=O)[C@@H]2CSCCC(=O)N3CN(CN(C3)C(=O)CCSC[C@@H](NC(C)=O)C(=O)N3CCC[C@H]3C(=O)N[C@@H](Cc3ccccn3)C(=O)NCC(=O)N2)C(=O)CCSC[C@@H](C(=O)O)NC(=O)[C@H](Cc2c[nH]c3ccccc23)NC1=O. The number of primary amides is 1. The first-order valence-corrected chi connectivity index (χ1v) is 54.9. The van der Waals surface area contributed by atoms with Crippen LogP contribution in [0.15, 0.2) is 116 Å². The summed E-state index contributed by atoms with van der Waals surface area (Å²) in [4.78, 5) is 314. The minimum absolute atomic E-state index is 0.0239.